The molecule has 0 spiro atoms. The van der Waals surface area contributed by atoms with Gasteiger partial charge >= 0.3 is 12.1 Å². The summed E-state index contributed by atoms with van der Waals surface area (Å²) in [6, 6.07) is 19.7. The molecular weight excluding hydrogens is 475 g/mol. The molecule has 1 aliphatic carbocycles. The standard InChI is InChI=1S/C28H25ClF3NO2/c1-18(35-26-13-12-20-4-2-5-23(20)17-26)14-25(33-27(34)28(30,31)32)15-19-8-10-21(11-9-19)22-6-3-7-24(29)16-22/h3,6-13,16-17,25H,1-2,4-5,14-15H2,(H,33,34)/t25-/m0/s1. The number of hydrogen-bond donors (Lipinski definition) is 1. The Kier molecular flexibility index (Phi) is 7.51. The molecule has 3 aromatic rings. The molecule has 0 aliphatic heterocycles. The predicted octanol–water partition coefficient (Wildman–Crippen LogP) is 7.07. The topological polar surface area (TPSA) is 38.3 Å². The zero-order valence-corrected chi connectivity index (χ0v) is 19.8. The summed E-state index contributed by atoms with van der Waals surface area (Å²) in [4.78, 5) is 11.7. The van der Waals surface area contributed by atoms with Gasteiger partial charge in [0.2, 0.25) is 0 Å². The maximum absolute atomic E-state index is 13.0. The Labute approximate surface area is 207 Å². The van der Waals surface area contributed by atoms with Crippen LogP contribution in [0.5, 0.6) is 5.75 Å². The summed E-state index contributed by atoms with van der Waals surface area (Å²) < 4.78 is 44.7. The van der Waals surface area contributed by atoms with Gasteiger partial charge < -0.3 is 10.1 Å². The summed E-state index contributed by atoms with van der Waals surface area (Å²) in [6.45, 7) is 3.89. The van der Waals surface area contributed by atoms with Crippen molar-refractivity contribution in [3.8, 4) is 16.9 Å². The minimum Gasteiger partial charge on any atom is -0.462 e. The maximum atomic E-state index is 13.0. The van der Waals surface area contributed by atoms with Gasteiger partial charge in [0.1, 0.15) is 5.75 Å². The molecule has 4 rings (SSSR count). The van der Waals surface area contributed by atoms with Crippen molar-refractivity contribution in [1.82, 2.24) is 5.32 Å². The lowest BCUT2D eigenvalue weighted by Crippen LogP contribution is -2.44. The van der Waals surface area contributed by atoms with E-state index in [2.05, 4.69) is 11.9 Å². The van der Waals surface area contributed by atoms with Gasteiger partial charge in [0.25, 0.3) is 0 Å². The third-order valence-corrected chi connectivity index (χ3v) is 6.23. The van der Waals surface area contributed by atoms with Crippen LogP contribution in [0.2, 0.25) is 5.02 Å². The zero-order valence-electron chi connectivity index (χ0n) is 19.0. The monoisotopic (exact) mass is 499 g/mol. The molecule has 3 nitrogen and oxygen atoms in total. The second-order valence-corrected chi connectivity index (χ2v) is 9.14. The van der Waals surface area contributed by atoms with Crippen molar-refractivity contribution in [3.05, 3.63) is 101 Å². The fraction of sp³-hybridized carbons (Fsp3) is 0.250. The number of carbonyl (C=O) groups excluding carboxylic acids is 1. The average molecular weight is 500 g/mol. The van der Waals surface area contributed by atoms with Crippen LogP contribution >= 0.6 is 11.6 Å². The van der Waals surface area contributed by atoms with Gasteiger partial charge in [0.05, 0.1) is 5.76 Å². The summed E-state index contributed by atoms with van der Waals surface area (Å²) >= 11 is 6.06. The van der Waals surface area contributed by atoms with E-state index in [0.29, 0.717) is 10.8 Å². The van der Waals surface area contributed by atoms with Crippen molar-refractivity contribution in [2.45, 2.75) is 44.3 Å². The maximum Gasteiger partial charge on any atom is 0.471 e. The average Bonchev–Trinajstić information content (AvgIpc) is 3.27. The van der Waals surface area contributed by atoms with E-state index in [0.717, 1.165) is 36.0 Å². The van der Waals surface area contributed by atoms with Crippen LogP contribution in [0, 0.1) is 0 Å². The van der Waals surface area contributed by atoms with Crippen molar-refractivity contribution >= 4 is 17.5 Å². The molecular formula is C28H25ClF3NO2. The number of carbonyl (C=O) groups is 1. The van der Waals surface area contributed by atoms with Gasteiger partial charge in [-0.2, -0.15) is 13.2 Å². The second-order valence-electron chi connectivity index (χ2n) is 8.71. The fourth-order valence-corrected chi connectivity index (χ4v) is 4.51. The summed E-state index contributed by atoms with van der Waals surface area (Å²) in [7, 11) is 0. The minimum atomic E-state index is -4.98. The second kappa shape index (κ2) is 10.6. The van der Waals surface area contributed by atoms with Crippen LogP contribution in [0.4, 0.5) is 13.2 Å². The Morgan fingerprint density at radius 1 is 1.00 bits per heavy atom. The number of halogens is 4. The Hall–Kier alpha value is -3.25. The van der Waals surface area contributed by atoms with E-state index >= 15 is 0 Å². The normalized spacial score (nSPS) is 13.7. The smallest absolute Gasteiger partial charge is 0.462 e. The quantitative estimate of drug-likeness (QED) is 0.337. The third-order valence-electron chi connectivity index (χ3n) is 5.99. The zero-order chi connectivity index (χ0) is 25.0. The van der Waals surface area contributed by atoms with Crippen molar-refractivity contribution in [2.24, 2.45) is 0 Å². The largest absolute Gasteiger partial charge is 0.471 e. The molecule has 3 aromatic carbocycles. The SMILES string of the molecule is C=C(C[C@@H](Cc1ccc(-c2cccc(Cl)c2)cc1)NC(=O)C(F)(F)F)Oc1ccc2c(c1)CCC2. The van der Waals surface area contributed by atoms with Gasteiger partial charge in [-0.05, 0) is 77.8 Å². The minimum absolute atomic E-state index is 0.0367. The van der Waals surface area contributed by atoms with Crippen molar-refractivity contribution in [3.63, 3.8) is 0 Å². The first-order chi connectivity index (χ1) is 16.7. The summed E-state index contributed by atoms with van der Waals surface area (Å²) in [5.41, 5.74) is 5.14. The van der Waals surface area contributed by atoms with Crippen molar-refractivity contribution in [1.29, 1.82) is 0 Å². The highest BCUT2D eigenvalue weighted by Gasteiger charge is 2.39. The third kappa shape index (κ3) is 6.67. The number of aryl methyl sites for hydroxylation is 2. The molecule has 0 aromatic heterocycles. The van der Waals surface area contributed by atoms with E-state index in [1.54, 1.807) is 6.07 Å². The number of fused-ring (bicyclic) bond motifs is 1. The first kappa shape index (κ1) is 24.9. The number of hydrogen-bond acceptors (Lipinski definition) is 2. The Morgan fingerprint density at radius 3 is 2.46 bits per heavy atom. The molecule has 0 fully saturated rings. The van der Waals surface area contributed by atoms with Crippen molar-refractivity contribution in [2.75, 3.05) is 0 Å². The van der Waals surface area contributed by atoms with Gasteiger partial charge in [-0.25, -0.2) is 0 Å². The molecule has 0 saturated carbocycles. The molecule has 1 atom stereocenters. The summed E-state index contributed by atoms with van der Waals surface area (Å²) in [6.07, 6.45) is -1.63. The molecule has 0 unspecified atom stereocenters. The molecule has 7 heteroatoms. The Bertz CT molecular complexity index is 1220. The number of alkyl halides is 3. The molecule has 1 aliphatic rings. The van der Waals surface area contributed by atoms with Gasteiger partial charge in [0, 0.05) is 17.5 Å². The number of amides is 1. The molecule has 0 bridgehead atoms. The lowest BCUT2D eigenvalue weighted by molar-refractivity contribution is -0.174. The number of rotatable bonds is 8. The van der Waals surface area contributed by atoms with E-state index < -0.39 is 18.1 Å². The van der Waals surface area contributed by atoms with Crippen LogP contribution in [0.15, 0.2) is 79.1 Å². The molecule has 35 heavy (non-hydrogen) atoms. The van der Waals surface area contributed by atoms with E-state index in [1.807, 2.05) is 60.7 Å². The van der Waals surface area contributed by atoms with Crippen LogP contribution < -0.4 is 10.1 Å². The summed E-state index contributed by atoms with van der Waals surface area (Å²) in [5, 5.41) is 2.71. The molecule has 1 N–H and O–H groups in total. The van der Waals surface area contributed by atoms with Gasteiger partial charge in [0.15, 0.2) is 0 Å². The molecule has 0 heterocycles. The molecule has 1 amide bonds. The van der Waals surface area contributed by atoms with Crippen molar-refractivity contribution < 1.29 is 22.7 Å². The molecule has 0 saturated heterocycles. The number of benzene rings is 3. The predicted molar refractivity (Wildman–Crippen MR) is 131 cm³/mol. The van der Waals surface area contributed by atoms with Gasteiger partial charge in [-0.15, -0.1) is 0 Å². The first-order valence-electron chi connectivity index (χ1n) is 11.4. The van der Waals surface area contributed by atoms with Gasteiger partial charge in [-0.3, -0.25) is 4.79 Å². The highest BCUT2D eigenvalue weighted by Crippen LogP contribution is 2.28. The van der Waals surface area contributed by atoms with Crippen LogP contribution in [0.1, 0.15) is 29.5 Å². The van der Waals surface area contributed by atoms with E-state index in [9.17, 15) is 18.0 Å². The van der Waals surface area contributed by atoms with E-state index in [1.165, 1.54) is 11.1 Å². The molecule has 182 valence electrons. The fourth-order valence-electron chi connectivity index (χ4n) is 4.32. The number of ether oxygens (including phenoxy) is 1. The van der Waals surface area contributed by atoms with Gasteiger partial charge in [-0.1, -0.05) is 60.6 Å². The highest BCUT2D eigenvalue weighted by molar-refractivity contribution is 6.30. The van der Waals surface area contributed by atoms with Crippen LogP contribution in [0.3, 0.4) is 0 Å². The van der Waals surface area contributed by atoms with E-state index in [4.69, 9.17) is 16.3 Å². The first-order valence-corrected chi connectivity index (χ1v) is 11.7. The van der Waals surface area contributed by atoms with Crippen LogP contribution in [-0.2, 0) is 24.1 Å². The van der Waals surface area contributed by atoms with E-state index in [-0.39, 0.29) is 18.6 Å². The van der Waals surface area contributed by atoms with Crippen LogP contribution in [0.25, 0.3) is 11.1 Å². The lowest BCUT2D eigenvalue weighted by Gasteiger charge is -2.21. The lowest BCUT2D eigenvalue weighted by atomic mass is 9.99. The Morgan fingerprint density at radius 2 is 1.74 bits per heavy atom. The van der Waals surface area contributed by atoms with Crippen LogP contribution in [-0.4, -0.2) is 18.1 Å². The Balaban J connectivity index is 1.46. The number of nitrogens with one attached hydrogen (secondary N) is 1. The summed E-state index contributed by atoms with van der Waals surface area (Å²) in [5.74, 6) is -1.10. The molecule has 0 radical (unpaired) electrons. The highest BCUT2D eigenvalue weighted by atomic mass is 35.5.